The molecule has 6 heterocycles. The van der Waals surface area contributed by atoms with Crippen molar-refractivity contribution in [3.8, 4) is 34.0 Å². The zero-order valence-electron chi connectivity index (χ0n) is 37.2. The van der Waals surface area contributed by atoms with E-state index in [1.807, 2.05) is 55.6 Å². The minimum absolute atomic E-state index is 0.0625. The Morgan fingerprint density at radius 1 is 0.633 bits per heavy atom. The van der Waals surface area contributed by atoms with Crippen molar-refractivity contribution >= 4 is 33.4 Å². The van der Waals surface area contributed by atoms with Gasteiger partial charge in [-0.05, 0) is 124 Å². The van der Waals surface area contributed by atoms with Gasteiger partial charge in [-0.1, -0.05) is 0 Å². The normalized spacial score (nSPS) is 18.4. The minimum atomic E-state index is 0.0625. The number of anilines is 2. The van der Waals surface area contributed by atoms with Crippen LogP contribution in [0, 0.1) is 6.92 Å². The molecule has 0 bridgehead atoms. The molecular weight excluding hydrogens is 753 g/mol. The number of aromatic hydroxyl groups is 1. The number of fused-ring (bicyclic) bond motifs is 2. The highest BCUT2D eigenvalue weighted by Gasteiger charge is 2.40. The molecule has 2 aliphatic heterocycles. The predicted molar refractivity (Wildman–Crippen MR) is 240 cm³/mol. The fraction of sp³-hybridized carbons (Fsp3) is 0.478. The zero-order chi connectivity index (χ0) is 43.2. The highest BCUT2D eigenvalue weighted by Crippen LogP contribution is 2.37. The highest BCUT2D eigenvalue weighted by atomic mass is 16.5. The zero-order valence-corrected chi connectivity index (χ0v) is 37.2. The molecule has 14 nitrogen and oxygen atoms in total. The van der Waals surface area contributed by atoms with Gasteiger partial charge in [0.25, 0.3) is 0 Å². The van der Waals surface area contributed by atoms with Crippen LogP contribution in [0.4, 0.5) is 11.6 Å². The number of ether oxygens (including phenoxy) is 1. The lowest BCUT2D eigenvalue weighted by molar-refractivity contribution is 0.160. The number of aromatic nitrogens is 8. The first-order valence-corrected chi connectivity index (χ1v) is 20.7. The third-order valence-electron chi connectivity index (χ3n) is 11.7. The van der Waals surface area contributed by atoms with E-state index in [0.717, 1.165) is 76.4 Å². The van der Waals surface area contributed by atoms with E-state index in [2.05, 4.69) is 130 Å². The molecule has 2 aromatic carbocycles. The summed E-state index contributed by atoms with van der Waals surface area (Å²) in [5.74, 6) is 3.30. The minimum Gasteiger partial charge on any atom is -0.507 e. The number of benzene rings is 2. The van der Waals surface area contributed by atoms with E-state index in [0.29, 0.717) is 28.9 Å². The van der Waals surface area contributed by atoms with Crippen molar-refractivity contribution in [1.82, 2.24) is 51.0 Å². The first-order chi connectivity index (χ1) is 28.2. The van der Waals surface area contributed by atoms with Gasteiger partial charge in [0, 0.05) is 94.8 Å². The van der Waals surface area contributed by atoms with Crippen molar-refractivity contribution in [3.05, 3.63) is 73.1 Å². The van der Waals surface area contributed by atoms with Gasteiger partial charge in [0.1, 0.15) is 23.7 Å². The number of nitrogens with zero attached hydrogens (tertiary/aromatic N) is 10. The second-order valence-corrected chi connectivity index (χ2v) is 19.2. The second-order valence-electron chi connectivity index (χ2n) is 19.2. The maximum absolute atomic E-state index is 10.4. The quantitative estimate of drug-likeness (QED) is 0.144. The first kappa shape index (κ1) is 42.5. The van der Waals surface area contributed by atoms with Crippen LogP contribution in [0.3, 0.4) is 0 Å². The van der Waals surface area contributed by atoms with E-state index >= 15 is 0 Å². The fourth-order valence-electron chi connectivity index (χ4n) is 9.52. The maximum Gasteiger partial charge on any atom is 0.151 e. The summed E-state index contributed by atoms with van der Waals surface area (Å²) in [5.41, 5.74) is 4.72. The van der Waals surface area contributed by atoms with E-state index in [-0.39, 0.29) is 27.9 Å². The second kappa shape index (κ2) is 16.1. The van der Waals surface area contributed by atoms with Crippen LogP contribution in [0.15, 0.2) is 67.3 Å². The molecule has 4 aromatic heterocycles. The summed E-state index contributed by atoms with van der Waals surface area (Å²) in [6.07, 6.45) is 9.18. The smallest absolute Gasteiger partial charge is 0.151 e. The molecular formula is C46H60N12O2. The molecule has 0 amide bonds. The molecule has 14 heteroatoms. The van der Waals surface area contributed by atoms with Crippen LogP contribution in [0.25, 0.3) is 44.3 Å². The number of hydrogen-bond acceptors (Lipinski definition) is 14. The largest absolute Gasteiger partial charge is 0.507 e. The molecule has 6 aromatic rings. The Labute approximate surface area is 353 Å². The van der Waals surface area contributed by atoms with Crippen LogP contribution in [0.5, 0.6) is 11.5 Å². The van der Waals surface area contributed by atoms with Gasteiger partial charge in [0.2, 0.25) is 0 Å². The number of methoxy groups -OCH3 is 1. The highest BCUT2D eigenvalue weighted by molar-refractivity contribution is 5.88. The number of hydrogen-bond donors (Lipinski definition) is 3. The summed E-state index contributed by atoms with van der Waals surface area (Å²) in [6, 6.07) is 16.1. The maximum atomic E-state index is 10.4. The van der Waals surface area contributed by atoms with Crippen molar-refractivity contribution < 1.29 is 9.84 Å². The Morgan fingerprint density at radius 2 is 1.13 bits per heavy atom. The lowest BCUT2D eigenvalue weighted by Gasteiger charge is -2.49. The third kappa shape index (κ3) is 9.55. The molecule has 2 fully saturated rings. The van der Waals surface area contributed by atoms with E-state index in [1.165, 1.54) is 6.33 Å². The van der Waals surface area contributed by atoms with Gasteiger partial charge in [0.05, 0.1) is 29.5 Å². The molecule has 8 rings (SSSR count). The monoisotopic (exact) mass is 812 g/mol. The van der Waals surface area contributed by atoms with Crippen LogP contribution >= 0.6 is 0 Å². The van der Waals surface area contributed by atoms with Crippen molar-refractivity contribution in [1.29, 1.82) is 0 Å². The van der Waals surface area contributed by atoms with E-state index in [1.54, 1.807) is 19.4 Å². The van der Waals surface area contributed by atoms with Crippen LogP contribution in [0.2, 0.25) is 0 Å². The number of nitrogens with one attached hydrogen (secondary N) is 2. The summed E-state index contributed by atoms with van der Waals surface area (Å²) >= 11 is 0. The molecule has 0 spiro atoms. The molecule has 0 atom stereocenters. The van der Waals surface area contributed by atoms with Crippen LogP contribution in [0.1, 0.15) is 86.9 Å². The van der Waals surface area contributed by atoms with Crippen molar-refractivity contribution in [2.45, 2.75) is 122 Å². The van der Waals surface area contributed by atoms with Crippen molar-refractivity contribution in [2.75, 3.05) is 31.0 Å². The molecule has 0 unspecified atom stereocenters. The summed E-state index contributed by atoms with van der Waals surface area (Å²) in [5, 5.41) is 37.6. The topological polar surface area (TPSA) is 163 Å². The van der Waals surface area contributed by atoms with Gasteiger partial charge in [-0.3, -0.25) is 0 Å². The van der Waals surface area contributed by atoms with Crippen LogP contribution < -0.4 is 25.2 Å². The Kier molecular flexibility index (Phi) is 11.4. The Bertz CT molecular complexity index is 2440. The van der Waals surface area contributed by atoms with E-state index in [4.69, 9.17) is 4.74 Å². The lowest BCUT2D eigenvalue weighted by Crippen LogP contribution is -2.62. The summed E-state index contributed by atoms with van der Waals surface area (Å²) in [6.45, 7) is 19.9. The number of phenolic OH excluding ortho intramolecular Hbond substituents is 1. The number of phenols is 1. The van der Waals surface area contributed by atoms with Crippen molar-refractivity contribution in [2.24, 2.45) is 0 Å². The fourth-order valence-corrected chi connectivity index (χ4v) is 9.52. The average Bonchev–Trinajstić information content (AvgIpc) is 3.17. The number of rotatable bonds is 7. The van der Waals surface area contributed by atoms with Gasteiger partial charge in [-0.25, -0.2) is 19.9 Å². The molecule has 0 saturated carbocycles. The molecule has 0 radical (unpaired) electrons. The number of piperidine rings is 2. The summed E-state index contributed by atoms with van der Waals surface area (Å²) in [7, 11) is 5.85. The average molecular weight is 813 g/mol. The standard InChI is InChI=1S/C24H32N6O.C22H28N6O/c1-15-25-14-16-10-18(21(31-7)11-20(16)26-15)19-8-9-22(28-27-19)30(6)17-12-23(2,3)29-24(4,5)13-17;1-21(2)10-15(11-22(3,4)27-21)28(5)20-7-6-17(25-26-20)16-8-14-12-23-13-24-18(14)9-19(16)29/h8-11,14,17,29H,12-13H2,1-7H3;6-9,12-13,15,27,29H,10-11H2,1-5H3. The predicted octanol–water partition coefficient (Wildman–Crippen LogP) is 7.69. The molecule has 0 aliphatic carbocycles. The summed E-state index contributed by atoms with van der Waals surface area (Å²) < 4.78 is 5.62. The number of aryl methyl sites for hydroxylation is 1. The van der Waals surface area contributed by atoms with E-state index < -0.39 is 0 Å². The van der Waals surface area contributed by atoms with Crippen molar-refractivity contribution in [3.63, 3.8) is 0 Å². The summed E-state index contributed by atoms with van der Waals surface area (Å²) in [4.78, 5) is 21.5. The Morgan fingerprint density at radius 3 is 1.63 bits per heavy atom. The molecule has 2 saturated heterocycles. The molecule has 3 N–H and O–H groups in total. The van der Waals surface area contributed by atoms with E-state index in [9.17, 15) is 5.11 Å². The Hall–Kier alpha value is -5.60. The third-order valence-corrected chi connectivity index (χ3v) is 11.7. The SMILES string of the molecule is CN(c1ccc(-c2cc3cncnc3cc2O)nn1)C1CC(C)(C)NC(C)(C)C1.COc1cc2nc(C)ncc2cc1-c1ccc(N(C)C2CC(C)(C)NC(C)(C)C2)nn1. The first-order valence-electron chi connectivity index (χ1n) is 20.7. The van der Waals surface area contributed by atoms with Gasteiger partial charge in [-0.15, -0.1) is 20.4 Å². The lowest BCUT2D eigenvalue weighted by atomic mass is 9.79. The van der Waals surface area contributed by atoms with Gasteiger partial charge in [-0.2, -0.15) is 0 Å². The van der Waals surface area contributed by atoms with Gasteiger partial charge < -0.3 is 30.3 Å². The molecule has 2 aliphatic rings. The van der Waals surface area contributed by atoms with Gasteiger partial charge in [0.15, 0.2) is 11.6 Å². The van der Waals surface area contributed by atoms with Gasteiger partial charge >= 0.3 is 0 Å². The molecule has 60 heavy (non-hydrogen) atoms. The van der Waals surface area contributed by atoms with Crippen LogP contribution in [-0.4, -0.2) is 101 Å². The van der Waals surface area contributed by atoms with Crippen LogP contribution in [-0.2, 0) is 0 Å². The Balaban J connectivity index is 0.000000182. The molecule has 316 valence electrons.